The molecule has 0 saturated heterocycles. The summed E-state index contributed by atoms with van der Waals surface area (Å²) in [7, 11) is 0. The van der Waals surface area contributed by atoms with Crippen LogP contribution in [0.4, 0.5) is 0 Å². The second kappa shape index (κ2) is 6.50. The second-order valence-corrected chi connectivity index (χ2v) is 6.31. The van der Waals surface area contributed by atoms with Crippen LogP contribution in [-0.4, -0.2) is 33.0 Å². The summed E-state index contributed by atoms with van der Waals surface area (Å²) in [5.74, 6) is -0.139. The van der Waals surface area contributed by atoms with Crippen LogP contribution in [0.3, 0.4) is 0 Å². The average molecular weight is 315 g/mol. The van der Waals surface area contributed by atoms with Crippen LogP contribution in [0.5, 0.6) is 0 Å². The Morgan fingerprint density at radius 1 is 1.43 bits per heavy atom. The summed E-state index contributed by atoms with van der Waals surface area (Å²) >= 11 is 0. The highest BCUT2D eigenvalue weighted by Crippen LogP contribution is 2.23. The first-order valence-corrected chi connectivity index (χ1v) is 7.99. The van der Waals surface area contributed by atoms with Crippen molar-refractivity contribution in [2.24, 2.45) is 5.92 Å². The summed E-state index contributed by atoms with van der Waals surface area (Å²) in [5, 5.41) is 12.5. The third kappa shape index (κ3) is 3.42. The highest BCUT2D eigenvalue weighted by Gasteiger charge is 2.21. The van der Waals surface area contributed by atoms with Crippen molar-refractivity contribution in [3.63, 3.8) is 0 Å². The van der Waals surface area contributed by atoms with Gasteiger partial charge in [-0.15, -0.1) is 0 Å². The molecule has 0 spiro atoms. The fourth-order valence-corrected chi connectivity index (χ4v) is 3.12. The predicted molar refractivity (Wildman–Crippen MR) is 86.5 cm³/mol. The van der Waals surface area contributed by atoms with Crippen LogP contribution in [0.2, 0.25) is 0 Å². The Hall–Kier alpha value is -2.21. The zero-order valence-electron chi connectivity index (χ0n) is 13.2. The number of carbonyl (C=O) groups excluding carboxylic acids is 1. The van der Waals surface area contributed by atoms with E-state index in [0.717, 1.165) is 24.8 Å². The van der Waals surface area contributed by atoms with Crippen LogP contribution in [0, 0.1) is 12.8 Å². The number of amides is 1. The maximum Gasteiger partial charge on any atom is 0.270 e. The van der Waals surface area contributed by atoms with Gasteiger partial charge in [0.05, 0.1) is 6.10 Å². The van der Waals surface area contributed by atoms with Crippen molar-refractivity contribution in [1.29, 1.82) is 0 Å². The number of hydrogen-bond acceptors (Lipinski definition) is 4. The van der Waals surface area contributed by atoms with Crippen molar-refractivity contribution in [2.75, 3.05) is 6.54 Å². The summed E-state index contributed by atoms with van der Waals surface area (Å²) in [5.41, 5.74) is 1.13. The molecule has 0 aromatic carbocycles. The summed E-state index contributed by atoms with van der Waals surface area (Å²) in [4.78, 5) is 28.9. The number of hydrogen-bond donors (Lipinski definition) is 2. The molecule has 1 amide bonds. The minimum Gasteiger partial charge on any atom is -0.393 e. The molecule has 0 radical (unpaired) electrons. The number of aryl methyl sites for hydroxylation is 1. The fourth-order valence-electron chi connectivity index (χ4n) is 3.12. The standard InChI is InChI=1S/C17H21N3O3/c1-11-5-6-15-18-9-14(17(23)20(15)10-11)16(22)19-8-12-3-2-4-13(21)7-12/h5-6,9-10,12-13,21H,2-4,7-8H2,1H3,(H,19,22). The molecule has 6 nitrogen and oxygen atoms in total. The van der Waals surface area contributed by atoms with Gasteiger partial charge in [-0.2, -0.15) is 0 Å². The summed E-state index contributed by atoms with van der Waals surface area (Å²) in [6.07, 6.45) is 6.24. The first-order valence-electron chi connectivity index (χ1n) is 7.99. The van der Waals surface area contributed by atoms with Crippen LogP contribution in [0.25, 0.3) is 5.65 Å². The topological polar surface area (TPSA) is 83.7 Å². The Kier molecular flexibility index (Phi) is 4.43. The Balaban J connectivity index is 1.76. The highest BCUT2D eigenvalue weighted by atomic mass is 16.3. The molecule has 2 N–H and O–H groups in total. The predicted octanol–water partition coefficient (Wildman–Crippen LogP) is 1.28. The molecule has 2 atom stereocenters. The van der Waals surface area contributed by atoms with E-state index in [1.165, 1.54) is 10.6 Å². The van der Waals surface area contributed by atoms with E-state index in [-0.39, 0.29) is 23.1 Å². The van der Waals surface area contributed by atoms with Crippen LogP contribution in [0.15, 0.2) is 29.3 Å². The van der Waals surface area contributed by atoms with Gasteiger partial charge in [0.1, 0.15) is 11.2 Å². The summed E-state index contributed by atoms with van der Waals surface area (Å²) in [6.45, 7) is 2.36. The van der Waals surface area contributed by atoms with E-state index in [1.807, 2.05) is 13.0 Å². The number of carbonyl (C=O) groups is 1. The lowest BCUT2D eigenvalue weighted by atomic mass is 9.87. The Bertz CT molecular complexity index is 784. The van der Waals surface area contributed by atoms with Gasteiger partial charge in [-0.1, -0.05) is 12.5 Å². The van der Waals surface area contributed by atoms with E-state index in [4.69, 9.17) is 0 Å². The van der Waals surface area contributed by atoms with Crippen molar-refractivity contribution in [2.45, 2.75) is 38.7 Å². The molecular formula is C17H21N3O3. The van der Waals surface area contributed by atoms with Crippen molar-refractivity contribution in [3.05, 3.63) is 46.0 Å². The molecule has 3 rings (SSSR count). The summed E-state index contributed by atoms with van der Waals surface area (Å²) in [6, 6.07) is 3.62. The third-order valence-electron chi connectivity index (χ3n) is 4.40. The van der Waals surface area contributed by atoms with E-state index in [1.54, 1.807) is 12.3 Å². The lowest BCUT2D eigenvalue weighted by Gasteiger charge is -2.25. The number of rotatable bonds is 3. The van der Waals surface area contributed by atoms with Gasteiger partial charge in [-0.3, -0.25) is 14.0 Å². The van der Waals surface area contributed by atoms with Crippen LogP contribution < -0.4 is 10.9 Å². The smallest absolute Gasteiger partial charge is 0.270 e. The number of aliphatic hydroxyl groups excluding tert-OH is 1. The van der Waals surface area contributed by atoms with Gasteiger partial charge < -0.3 is 10.4 Å². The Labute approximate surface area is 134 Å². The molecule has 2 aromatic rings. The van der Waals surface area contributed by atoms with Crippen molar-refractivity contribution < 1.29 is 9.90 Å². The molecular weight excluding hydrogens is 294 g/mol. The largest absolute Gasteiger partial charge is 0.393 e. The Morgan fingerprint density at radius 2 is 2.26 bits per heavy atom. The molecule has 0 bridgehead atoms. The molecule has 2 heterocycles. The quantitative estimate of drug-likeness (QED) is 0.894. The molecule has 23 heavy (non-hydrogen) atoms. The molecule has 1 aliphatic rings. The van der Waals surface area contributed by atoms with E-state index >= 15 is 0 Å². The average Bonchev–Trinajstić information content (AvgIpc) is 2.53. The van der Waals surface area contributed by atoms with Crippen LogP contribution >= 0.6 is 0 Å². The van der Waals surface area contributed by atoms with Crippen LogP contribution in [0.1, 0.15) is 41.6 Å². The number of aromatic nitrogens is 2. The number of aliphatic hydroxyl groups is 1. The zero-order chi connectivity index (χ0) is 16.4. The minimum absolute atomic E-state index is 0.0458. The molecule has 1 saturated carbocycles. The van der Waals surface area contributed by atoms with Crippen molar-refractivity contribution in [1.82, 2.24) is 14.7 Å². The number of pyridine rings is 1. The van der Waals surface area contributed by atoms with Gasteiger partial charge in [-0.05, 0) is 43.7 Å². The molecule has 1 aliphatic carbocycles. The van der Waals surface area contributed by atoms with E-state index in [0.29, 0.717) is 18.6 Å². The molecule has 6 heteroatoms. The zero-order valence-corrected chi connectivity index (χ0v) is 13.2. The fraction of sp³-hybridized carbons (Fsp3) is 0.471. The van der Waals surface area contributed by atoms with Gasteiger partial charge in [-0.25, -0.2) is 4.98 Å². The van der Waals surface area contributed by atoms with E-state index < -0.39 is 5.91 Å². The second-order valence-electron chi connectivity index (χ2n) is 6.31. The maximum absolute atomic E-state index is 12.4. The summed E-state index contributed by atoms with van der Waals surface area (Å²) < 4.78 is 1.40. The molecule has 1 fully saturated rings. The first kappa shape index (κ1) is 15.7. The van der Waals surface area contributed by atoms with E-state index in [9.17, 15) is 14.7 Å². The van der Waals surface area contributed by atoms with Gasteiger partial charge in [0.15, 0.2) is 0 Å². The number of nitrogens with zero attached hydrogens (tertiary/aromatic N) is 2. The van der Waals surface area contributed by atoms with Gasteiger partial charge in [0.25, 0.3) is 11.5 Å². The van der Waals surface area contributed by atoms with Gasteiger partial charge in [0.2, 0.25) is 0 Å². The number of nitrogens with one attached hydrogen (secondary N) is 1. The maximum atomic E-state index is 12.4. The lowest BCUT2D eigenvalue weighted by Crippen LogP contribution is -2.36. The molecule has 2 aromatic heterocycles. The lowest BCUT2D eigenvalue weighted by molar-refractivity contribution is 0.0872. The van der Waals surface area contributed by atoms with Crippen molar-refractivity contribution in [3.8, 4) is 0 Å². The first-order chi connectivity index (χ1) is 11.0. The molecule has 0 aliphatic heterocycles. The SMILES string of the molecule is Cc1ccc2ncc(C(=O)NCC3CCCC(O)C3)c(=O)n2c1. The highest BCUT2D eigenvalue weighted by molar-refractivity contribution is 5.93. The van der Waals surface area contributed by atoms with Crippen LogP contribution in [-0.2, 0) is 0 Å². The molecule has 2 unspecified atom stereocenters. The molecule has 122 valence electrons. The minimum atomic E-state index is -0.404. The number of fused-ring (bicyclic) bond motifs is 1. The Morgan fingerprint density at radius 3 is 3.04 bits per heavy atom. The van der Waals surface area contributed by atoms with E-state index in [2.05, 4.69) is 10.3 Å². The monoisotopic (exact) mass is 315 g/mol. The van der Waals surface area contributed by atoms with Gasteiger partial charge in [0, 0.05) is 18.9 Å². The van der Waals surface area contributed by atoms with Gasteiger partial charge >= 0.3 is 0 Å². The van der Waals surface area contributed by atoms with Crippen molar-refractivity contribution >= 4 is 11.6 Å². The third-order valence-corrected chi connectivity index (χ3v) is 4.40. The normalized spacial score (nSPS) is 21.3.